The lowest BCUT2D eigenvalue weighted by Crippen LogP contribution is -2.58. The molecule has 3 aliphatic rings. The number of anilines is 6. The fourth-order valence-corrected chi connectivity index (χ4v) is 19.3. The van der Waals surface area contributed by atoms with Gasteiger partial charge in [-0.3, -0.25) is 0 Å². The van der Waals surface area contributed by atoms with E-state index in [1.54, 1.807) is 0 Å². The Hall–Kier alpha value is -8.03. The Bertz CT molecular complexity index is 3970. The molecule has 0 saturated carbocycles. The second kappa shape index (κ2) is 16.0. The van der Waals surface area contributed by atoms with E-state index in [2.05, 4.69) is 280 Å². The van der Waals surface area contributed by atoms with Crippen molar-refractivity contribution in [2.24, 2.45) is 0 Å². The molecule has 0 fully saturated rings. The van der Waals surface area contributed by atoms with E-state index in [1.807, 2.05) is 0 Å². The van der Waals surface area contributed by atoms with Gasteiger partial charge in [0.25, 0.3) is 0 Å². The van der Waals surface area contributed by atoms with E-state index in [1.165, 1.54) is 132 Å². The minimum absolute atomic E-state index is 0.0311. The summed E-state index contributed by atoms with van der Waals surface area (Å²) >= 11 is 0. The van der Waals surface area contributed by atoms with Crippen LogP contribution in [-0.2, 0) is 5.41 Å². The molecule has 0 spiro atoms. The molecule has 0 N–H and O–H groups in total. The quantitative estimate of drug-likeness (QED) is 0.125. The molecule has 0 unspecified atom stereocenters. The Kier molecular flexibility index (Phi) is 9.58. The maximum Gasteiger partial charge on any atom is 0.117 e. The highest BCUT2D eigenvalue weighted by molar-refractivity contribution is 7.03. The summed E-state index contributed by atoms with van der Waals surface area (Å²) < 4.78 is 0. The molecule has 2 aliphatic heterocycles. The largest absolute Gasteiger partial charge is 0.311 e. The van der Waals surface area contributed by atoms with Crippen LogP contribution in [0.3, 0.4) is 0 Å². The highest BCUT2D eigenvalue weighted by atomic mass is 28.3. The smallest absolute Gasteiger partial charge is 0.117 e. The maximum absolute atomic E-state index is 2.54. The predicted molar refractivity (Wildman–Crippen MR) is 318 cm³/mol. The van der Waals surface area contributed by atoms with Crippen LogP contribution < -0.4 is 30.5 Å². The average Bonchev–Trinajstić information content (AvgIpc) is 3.65. The van der Waals surface area contributed by atoms with Crippen molar-refractivity contribution >= 4 is 92.6 Å². The fourth-order valence-electron chi connectivity index (χ4n) is 13.3. The molecule has 1 aliphatic carbocycles. The van der Waals surface area contributed by atoms with Crippen LogP contribution in [0.25, 0.3) is 66.1 Å². The van der Waals surface area contributed by atoms with Gasteiger partial charge in [-0.25, -0.2) is 0 Å². The Morgan fingerprint density at radius 3 is 1.18 bits per heavy atom. The van der Waals surface area contributed by atoms with Crippen LogP contribution in [0, 0.1) is 0 Å². The summed E-state index contributed by atoms with van der Waals surface area (Å²) in [6, 6.07) is 87.7. The van der Waals surface area contributed by atoms with Crippen molar-refractivity contribution in [3.63, 3.8) is 0 Å². The molecule has 73 heavy (non-hydrogen) atoms. The zero-order valence-electron chi connectivity index (χ0n) is 42.3. The molecule has 11 aromatic rings. The van der Waals surface area contributed by atoms with Gasteiger partial charge in [0.15, 0.2) is 0 Å². The molecule has 350 valence electrons. The van der Waals surface area contributed by atoms with Crippen molar-refractivity contribution in [1.29, 1.82) is 0 Å². The Labute approximate surface area is 431 Å². The Morgan fingerprint density at radius 2 is 0.685 bits per heavy atom. The third-order valence-electron chi connectivity index (χ3n) is 17.0. The maximum atomic E-state index is 2.54. The van der Waals surface area contributed by atoms with E-state index in [0.29, 0.717) is 0 Å². The molecule has 14 rings (SSSR count). The first kappa shape index (κ1) is 43.7. The van der Waals surface area contributed by atoms with Crippen LogP contribution in [0.5, 0.6) is 0 Å². The number of benzene rings is 11. The average molecular weight is 969 g/mol. The molecule has 4 heteroatoms. The lowest BCUT2D eigenvalue weighted by Gasteiger charge is -2.41. The normalized spacial score (nSPS) is 15.3. The summed E-state index contributed by atoms with van der Waals surface area (Å²) in [7, 11) is -3.98. The second-order valence-electron chi connectivity index (χ2n) is 22.1. The molecule has 11 aromatic carbocycles. The van der Waals surface area contributed by atoms with Crippen molar-refractivity contribution in [1.82, 2.24) is 0 Å². The molecular weight excluding hydrogens is 913 g/mol. The third kappa shape index (κ3) is 6.40. The molecule has 0 amide bonds. The van der Waals surface area contributed by atoms with Gasteiger partial charge in [-0.2, -0.15) is 0 Å². The van der Waals surface area contributed by atoms with Crippen molar-refractivity contribution in [3.05, 3.63) is 242 Å². The van der Waals surface area contributed by atoms with Gasteiger partial charge >= 0.3 is 0 Å². The third-order valence-corrected chi connectivity index (χ3v) is 24.1. The first-order chi connectivity index (χ1) is 35.5. The van der Waals surface area contributed by atoms with Crippen LogP contribution in [0.4, 0.5) is 34.1 Å². The lowest BCUT2D eigenvalue weighted by molar-refractivity contribution is 0.660. The van der Waals surface area contributed by atoms with E-state index in [0.717, 1.165) is 0 Å². The van der Waals surface area contributed by atoms with E-state index in [-0.39, 0.29) is 5.41 Å². The summed E-state index contributed by atoms with van der Waals surface area (Å²) in [6.45, 7) is 14.7. The van der Waals surface area contributed by atoms with Crippen LogP contribution in [-0.4, -0.2) is 16.1 Å². The van der Waals surface area contributed by atoms with Gasteiger partial charge in [-0.05, 0) is 153 Å². The zero-order valence-corrected chi connectivity index (χ0v) is 44.3. The van der Waals surface area contributed by atoms with E-state index in [9.17, 15) is 0 Å². The molecule has 2 nitrogen and oxygen atoms in total. The van der Waals surface area contributed by atoms with E-state index >= 15 is 0 Å². The van der Waals surface area contributed by atoms with Gasteiger partial charge in [0.05, 0.1) is 0 Å². The zero-order chi connectivity index (χ0) is 49.4. The van der Waals surface area contributed by atoms with Gasteiger partial charge in [0.1, 0.15) is 16.1 Å². The van der Waals surface area contributed by atoms with E-state index < -0.39 is 16.1 Å². The van der Waals surface area contributed by atoms with Crippen LogP contribution in [0.15, 0.2) is 231 Å². The van der Waals surface area contributed by atoms with Crippen molar-refractivity contribution < 1.29 is 0 Å². The van der Waals surface area contributed by atoms with Gasteiger partial charge < -0.3 is 9.80 Å². The first-order valence-corrected chi connectivity index (χ1v) is 31.9. The monoisotopic (exact) mass is 968 g/mol. The standard InChI is InChI=1S/C69H56N2Si2/c1-69(2)57-23-11-10-22-51(57)54-42-48(36-41-58(54)69)45-32-34-47(35-33-45)68-53-40-38-49(70-59-24-12-16-28-63(59)72(3,4)64-29-17-13-25-60(64)70)43-55(53)67(46-20-8-7-9-21-46)52-39-37-50(44-56(52)68)71-61-26-14-18-30-65(61)73(5,6)66-31-19-15-27-62(66)71/h7-44H,1-6H3. The minimum Gasteiger partial charge on any atom is -0.311 e. The Morgan fingerprint density at radius 1 is 0.301 bits per heavy atom. The van der Waals surface area contributed by atoms with Crippen molar-refractivity contribution in [2.45, 2.75) is 45.5 Å². The fraction of sp³-hybridized carbons (Fsp3) is 0.101. The number of nitrogens with zero attached hydrogens (tertiary/aromatic N) is 2. The molecule has 0 radical (unpaired) electrons. The number of hydrogen-bond acceptors (Lipinski definition) is 2. The Balaban J connectivity index is 1.03. The molecule has 0 bridgehead atoms. The van der Waals surface area contributed by atoms with Gasteiger partial charge in [0, 0.05) is 39.5 Å². The van der Waals surface area contributed by atoms with Gasteiger partial charge in [0.2, 0.25) is 0 Å². The SMILES string of the molecule is CC1(C)c2ccccc2-c2cc(-c3ccc(-c4c5ccc(N6c7ccccc7[Si](C)(C)c7ccccc76)cc5c(-c5ccccc5)c5ccc(N6c7ccccc7[Si](C)(C)c7ccccc76)cc45)cc3)ccc21. The minimum atomic E-state index is -1.99. The highest BCUT2D eigenvalue weighted by Crippen LogP contribution is 2.52. The van der Waals surface area contributed by atoms with Crippen molar-refractivity contribution in [2.75, 3.05) is 9.80 Å². The van der Waals surface area contributed by atoms with Crippen molar-refractivity contribution in [3.8, 4) is 44.5 Å². The van der Waals surface area contributed by atoms with Crippen LogP contribution in [0.1, 0.15) is 25.0 Å². The predicted octanol–water partition coefficient (Wildman–Crippen LogP) is 16.5. The lowest BCUT2D eigenvalue weighted by atomic mass is 9.82. The number of para-hydroxylation sites is 4. The van der Waals surface area contributed by atoms with Gasteiger partial charge in [-0.1, -0.05) is 216 Å². The number of fused-ring (bicyclic) bond motifs is 9. The molecule has 0 atom stereocenters. The molecular formula is C69H56N2Si2. The highest BCUT2D eigenvalue weighted by Gasteiger charge is 2.40. The number of hydrogen-bond donors (Lipinski definition) is 0. The summed E-state index contributed by atoms with van der Waals surface area (Å²) in [5.41, 5.74) is 20.3. The summed E-state index contributed by atoms with van der Waals surface area (Å²) in [5, 5.41) is 10.8. The molecule has 2 heterocycles. The molecule has 0 aromatic heterocycles. The van der Waals surface area contributed by atoms with Crippen LogP contribution in [0.2, 0.25) is 26.2 Å². The van der Waals surface area contributed by atoms with Gasteiger partial charge in [-0.15, -0.1) is 0 Å². The second-order valence-corrected chi connectivity index (χ2v) is 30.7. The summed E-state index contributed by atoms with van der Waals surface area (Å²) in [5.74, 6) is 0. The number of rotatable bonds is 5. The summed E-state index contributed by atoms with van der Waals surface area (Å²) in [6.07, 6.45) is 0. The summed E-state index contributed by atoms with van der Waals surface area (Å²) in [4.78, 5) is 5.07. The van der Waals surface area contributed by atoms with E-state index in [4.69, 9.17) is 0 Å². The topological polar surface area (TPSA) is 6.48 Å². The first-order valence-electron chi connectivity index (χ1n) is 25.9. The molecule has 0 saturated heterocycles. The van der Waals surface area contributed by atoms with Crippen LogP contribution >= 0.6 is 0 Å².